The molecule has 0 radical (unpaired) electrons. The molecule has 0 bridgehead atoms. The molecule has 0 spiro atoms. The van der Waals surface area contributed by atoms with Crippen molar-refractivity contribution in [2.75, 3.05) is 6.61 Å². The Labute approximate surface area is 138 Å². The molecule has 0 unspecified atom stereocenters. The molecule has 0 aliphatic heterocycles. The predicted molar refractivity (Wildman–Crippen MR) is 86.6 cm³/mol. The number of aromatic nitrogens is 1. The summed E-state index contributed by atoms with van der Waals surface area (Å²) in [4.78, 5) is 26.7. The molecule has 0 fully saturated rings. The van der Waals surface area contributed by atoms with E-state index in [1.54, 1.807) is 5.38 Å². The normalized spacial score (nSPS) is 10.3. The van der Waals surface area contributed by atoms with Crippen LogP contribution in [0.1, 0.15) is 23.2 Å². The van der Waals surface area contributed by atoms with Gasteiger partial charge in [-0.05, 0) is 24.6 Å². The second-order valence-electron chi connectivity index (χ2n) is 4.84. The minimum atomic E-state index is -0.930. The van der Waals surface area contributed by atoms with E-state index in [0.717, 1.165) is 11.3 Å². The Morgan fingerprint density at radius 1 is 1.35 bits per heavy atom. The number of nitrogens with zero attached hydrogens (tertiary/aromatic N) is 1. The number of carboxylic acids is 1. The van der Waals surface area contributed by atoms with Crippen LogP contribution in [0.25, 0.3) is 0 Å². The summed E-state index contributed by atoms with van der Waals surface area (Å²) < 4.78 is 5.41. The van der Waals surface area contributed by atoms with Gasteiger partial charge in [-0.25, -0.2) is 4.98 Å². The van der Waals surface area contributed by atoms with E-state index in [4.69, 9.17) is 9.84 Å². The molecule has 0 aliphatic rings. The van der Waals surface area contributed by atoms with Crippen molar-refractivity contribution in [1.29, 1.82) is 0 Å². The van der Waals surface area contributed by atoms with Gasteiger partial charge in [-0.15, -0.1) is 11.3 Å². The maximum absolute atomic E-state index is 11.9. The summed E-state index contributed by atoms with van der Waals surface area (Å²) in [5, 5.41) is 13.8. The number of aliphatic carboxylic acids is 1. The van der Waals surface area contributed by atoms with Crippen molar-refractivity contribution in [3.8, 4) is 5.75 Å². The highest BCUT2D eigenvalue weighted by Crippen LogP contribution is 2.14. The first kappa shape index (κ1) is 17.0. The molecule has 1 aromatic carbocycles. The molecule has 0 saturated carbocycles. The highest BCUT2D eigenvalue weighted by atomic mass is 32.1. The zero-order valence-corrected chi connectivity index (χ0v) is 13.6. The number of rotatable bonds is 8. The van der Waals surface area contributed by atoms with Crippen LogP contribution >= 0.6 is 11.3 Å². The van der Waals surface area contributed by atoms with E-state index in [-0.39, 0.29) is 18.7 Å². The van der Waals surface area contributed by atoms with Crippen molar-refractivity contribution in [3.63, 3.8) is 0 Å². The van der Waals surface area contributed by atoms with Gasteiger partial charge in [-0.2, -0.15) is 0 Å². The van der Waals surface area contributed by atoms with Gasteiger partial charge in [0.05, 0.1) is 25.1 Å². The number of amides is 1. The Kier molecular flexibility index (Phi) is 6.10. The van der Waals surface area contributed by atoms with Gasteiger partial charge >= 0.3 is 5.97 Å². The molecule has 0 aliphatic carbocycles. The average molecular weight is 334 g/mol. The highest BCUT2D eigenvalue weighted by Gasteiger charge is 2.10. The topological polar surface area (TPSA) is 88.5 Å². The molecule has 0 saturated heterocycles. The molecule has 122 valence electrons. The van der Waals surface area contributed by atoms with Crippen LogP contribution < -0.4 is 10.1 Å². The lowest BCUT2D eigenvalue weighted by Crippen LogP contribution is -2.24. The molecular formula is C16H18N2O4S. The van der Waals surface area contributed by atoms with Crippen LogP contribution in [-0.2, 0) is 29.0 Å². The SMILES string of the molecule is CCOc1cccc(CNC(=O)Cc2nc(CC(=O)O)cs2)c1. The quantitative estimate of drug-likeness (QED) is 0.771. The predicted octanol–water partition coefficient (Wildman–Crippen LogP) is 2.03. The summed E-state index contributed by atoms with van der Waals surface area (Å²) in [5.41, 5.74) is 1.43. The summed E-state index contributed by atoms with van der Waals surface area (Å²) in [6.07, 6.45) is 0.0256. The van der Waals surface area contributed by atoms with Crippen LogP contribution in [0.3, 0.4) is 0 Å². The number of carboxylic acid groups (broad SMARTS) is 1. The Balaban J connectivity index is 1.84. The largest absolute Gasteiger partial charge is 0.494 e. The minimum Gasteiger partial charge on any atom is -0.494 e. The lowest BCUT2D eigenvalue weighted by molar-refractivity contribution is -0.136. The van der Waals surface area contributed by atoms with E-state index < -0.39 is 5.97 Å². The van der Waals surface area contributed by atoms with Crippen LogP contribution in [0.2, 0.25) is 0 Å². The van der Waals surface area contributed by atoms with Gasteiger partial charge in [0.2, 0.25) is 5.91 Å². The number of carbonyl (C=O) groups excluding carboxylic acids is 1. The molecule has 1 amide bonds. The van der Waals surface area contributed by atoms with Gasteiger partial charge in [-0.1, -0.05) is 12.1 Å². The molecule has 1 aromatic heterocycles. The van der Waals surface area contributed by atoms with E-state index in [1.807, 2.05) is 31.2 Å². The molecule has 23 heavy (non-hydrogen) atoms. The standard InChI is InChI=1S/C16H18N2O4S/c1-2-22-13-5-3-4-11(6-13)9-17-14(19)8-15-18-12(10-23-15)7-16(20)21/h3-6,10H,2,7-9H2,1H3,(H,17,19)(H,20,21). The van der Waals surface area contributed by atoms with Crippen LogP contribution in [0.5, 0.6) is 5.75 Å². The third-order valence-electron chi connectivity index (χ3n) is 2.94. The lowest BCUT2D eigenvalue weighted by Gasteiger charge is -2.07. The van der Waals surface area contributed by atoms with Crippen molar-refractivity contribution < 1.29 is 19.4 Å². The average Bonchev–Trinajstić information content (AvgIpc) is 2.92. The minimum absolute atomic E-state index is 0.123. The lowest BCUT2D eigenvalue weighted by atomic mass is 10.2. The van der Waals surface area contributed by atoms with Crippen molar-refractivity contribution >= 4 is 23.2 Å². The summed E-state index contributed by atoms with van der Waals surface area (Å²) in [6.45, 7) is 2.92. The number of hydrogen-bond acceptors (Lipinski definition) is 5. The fraction of sp³-hybridized carbons (Fsp3) is 0.312. The maximum atomic E-state index is 11.9. The van der Waals surface area contributed by atoms with Crippen molar-refractivity contribution in [2.45, 2.75) is 26.3 Å². The fourth-order valence-electron chi connectivity index (χ4n) is 1.98. The van der Waals surface area contributed by atoms with E-state index in [2.05, 4.69) is 10.3 Å². The highest BCUT2D eigenvalue weighted by molar-refractivity contribution is 7.09. The number of nitrogens with one attached hydrogen (secondary N) is 1. The van der Waals surface area contributed by atoms with E-state index in [0.29, 0.717) is 23.9 Å². The monoisotopic (exact) mass is 334 g/mol. The zero-order chi connectivity index (χ0) is 16.7. The van der Waals surface area contributed by atoms with Gasteiger partial charge in [0.25, 0.3) is 0 Å². The van der Waals surface area contributed by atoms with Gasteiger partial charge < -0.3 is 15.2 Å². The zero-order valence-electron chi connectivity index (χ0n) is 12.7. The van der Waals surface area contributed by atoms with Crippen LogP contribution in [-0.4, -0.2) is 28.6 Å². The number of hydrogen-bond donors (Lipinski definition) is 2. The van der Waals surface area contributed by atoms with E-state index >= 15 is 0 Å². The third-order valence-corrected chi connectivity index (χ3v) is 3.84. The second kappa shape index (κ2) is 8.28. The Morgan fingerprint density at radius 2 is 2.17 bits per heavy atom. The number of thiazole rings is 1. The molecule has 0 atom stereocenters. The Bertz CT molecular complexity index is 684. The van der Waals surface area contributed by atoms with Gasteiger partial charge in [-0.3, -0.25) is 9.59 Å². The van der Waals surface area contributed by atoms with Crippen molar-refractivity contribution in [2.24, 2.45) is 0 Å². The molecule has 6 nitrogen and oxygen atoms in total. The van der Waals surface area contributed by atoms with Gasteiger partial charge in [0.1, 0.15) is 10.8 Å². The molecule has 1 heterocycles. The van der Waals surface area contributed by atoms with E-state index in [1.165, 1.54) is 11.3 Å². The molecule has 2 rings (SSSR count). The Morgan fingerprint density at radius 3 is 2.91 bits per heavy atom. The second-order valence-corrected chi connectivity index (χ2v) is 5.78. The summed E-state index contributed by atoms with van der Waals surface area (Å²) >= 11 is 1.30. The number of ether oxygens (including phenoxy) is 1. The molecular weight excluding hydrogens is 316 g/mol. The molecule has 2 aromatic rings. The fourth-order valence-corrected chi connectivity index (χ4v) is 2.77. The maximum Gasteiger partial charge on any atom is 0.309 e. The van der Waals surface area contributed by atoms with Crippen LogP contribution in [0, 0.1) is 0 Å². The first-order valence-electron chi connectivity index (χ1n) is 7.20. The molecule has 2 N–H and O–H groups in total. The number of benzene rings is 1. The summed E-state index contributed by atoms with van der Waals surface area (Å²) in [5.74, 6) is -0.305. The van der Waals surface area contributed by atoms with Gasteiger partial charge in [0, 0.05) is 11.9 Å². The van der Waals surface area contributed by atoms with Crippen LogP contribution in [0.4, 0.5) is 0 Å². The first-order valence-corrected chi connectivity index (χ1v) is 8.08. The smallest absolute Gasteiger partial charge is 0.309 e. The third kappa shape index (κ3) is 5.71. The Hall–Kier alpha value is -2.41. The molecule has 7 heteroatoms. The number of carbonyl (C=O) groups is 2. The first-order chi connectivity index (χ1) is 11.1. The summed E-state index contributed by atoms with van der Waals surface area (Å²) in [6, 6.07) is 7.55. The van der Waals surface area contributed by atoms with Crippen LogP contribution in [0.15, 0.2) is 29.6 Å². The van der Waals surface area contributed by atoms with Gasteiger partial charge in [0.15, 0.2) is 0 Å². The van der Waals surface area contributed by atoms with Crippen molar-refractivity contribution in [3.05, 3.63) is 45.9 Å². The summed E-state index contributed by atoms with van der Waals surface area (Å²) in [7, 11) is 0. The van der Waals surface area contributed by atoms with Crippen molar-refractivity contribution in [1.82, 2.24) is 10.3 Å². The van der Waals surface area contributed by atoms with E-state index in [9.17, 15) is 9.59 Å².